The van der Waals surface area contributed by atoms with Crippen molar-refractivity contribution in [3.63, 3.8) is 0 Å². The highest BCUT2D eigenvalue weighted by Gasteiger charge is 2.23. The molecule has 0 bridgehead atoms. The number of benzene rings is 1. The first-order valence-electron chi connectivity index (χ1n) is 5.53. The second-order valence-electron chi connectivity index (χ2n) is 3.81. The first kappa shape index (κ1) is 11.9. The number of hydrogen-bond acceptors (Lipinski definition) is 3. The minimum Gasteiger partial charge on any atom is -0.488 e. The van der Waals surface area contributed by atoms with Gasteiger partial charge in [-0.25, -0.2) is 4.39 Å². The van der Waals surface area contributed by atoms with Crippen LogP contribution in [0.3, 0.4) is 0 Å². The molecule has 17 heavy (non-hydrogen) atoms. The molecule has 1 saturated heterocycles. The van der Waals surface area contributed by atoms with Crippen LogP contribution >= 0.6 is 0 Å². The lowest BCUT2D eigenvalue weighted by Crippen LogP contribution is -2.10. The van der Waals surface area contributed by atoms with Gasteiger partial charge in [0.15, 0.2) is 11.6 Å². The van der Waals surface area contributed by atoms with Gasteiger partial charge in [-0.3, -0.25) is 4.79 Å². The molecule has 4 nitrogen and oxygen atoms in total. The summed E-state index contributed by atoms with van der Waals surface area (Å²) >= 11 is 0. The van der Waals surface area contributed by atoms with Crippen molar-refractivity contribution >= 4 is 11.6 Å². The zero-order valence-corrected chi connectivity index (χ0v) is 9.53. The molecule has 1 atom stereocenters. The van der Waals surface area contributed by atoms with Gasteiger partial charge in [-0.2, -0.15) is 0 Å². The highest BCUT2D eigenvalue weighted by atomic mass is 19.1. The molecular formula is C12H14FNO3. The van der Waals surface area contributed by atoms with E-state index < -0.39 is 5.82 Å². The lowest BCUT2D eigenvalue weighted by atomic mass is 10.2. The van der Waals surface area contributed by atoms with Crippen molar-refractivity contribution in [2.24, 2.45) is 0 Å². The van der Waals surface area contributed by atoms with Gasteiger partial charge in [0.25, 0.3) is 0 Å². The molecule has 92 valence electrons. The number of ether oxygens (including phenoxy) is 2. The van der Waals surface area contributed by atoms with E-state index in [-0.39, 0.29) is 17.8 Å². The maximum atomic E-state index is 13.6. The number of rotatable bonds is 5. The maximum Gasteiger partial charge on any atom is 0.224 e. The third-order valence-electron chi connectivity index (χ3n) is 2.36. The number of carbonyl (C=O) groups excluding carboxylic acids is 1. The summed E-state index contributed by atoms with van der Waals surface area (Å²) in [4.78, 5) is 11.1. The summed E-state index contributed by atoms with van der Waals surface area (Å²) in [5.41, 5.74) is 0.435. The molecule has 1 heterocycles. The van der Waals surface area contributed by atoms with Gasteiger partial charge in [0.05, 0.1) is 6.61 Å². The van der Waals surface area contributed by atoms with Crippen molar-refractivity contribution in [2.45, 2.75) is 19.4 Å². The van der Waals surface area contributed by atoms with Gasteiger partial charge in [-0.05, 0) is 12.1 Å². The molecule has 0 aromatic heterocycles. The van der Waals surface area contributed by atoms with Gasteiger partial charge < -0.3 is 14.8 Å². The average Bonchev–Trinajstić information content (AvgIpc) is 3.12. The Morgan fingerprint density at radius 3 is 3.00 bits per heavy atom. The molecule has 1 fully saturated rings. The lowest BCUT2D eigenvalue weighted by Gasteiger charge is -2.08. The molecule has 1 N–H and O–H groups in total. The summed E-state index contributed by atoms with van der Waals surface area (Å²) in [7, 11) is 0. The molecule has 1 aromatic carbocycles. The molecule has 2 rings (SSSR count). The Labute approximate surface area is 98.7 Å². The summed E-state index contributed by atoms with van der Waals surface area (Å²) in [5, 5.41) is 2.58. The average molecular weight is 239 g/mol. The Morgan fingerprint density at radius 2 is 2.41 bits per heavy atom. The molecule has 0 saturated carbocycles. The van der Waals surface area contributed by atoms with Crippen molar-refractivity contribution in [2.75, 3.05) is 18.5 Å². The van der Waals surface area contributed by atoms with Gasteiger partial charge in [0, 0.05) is 18.2 Å². The first-order chi connectivity index (χ1) is 8.19. The molecule has 1 unspecified atom stereocenters. The number of anilines is 1. The second-order valence-corrected chi connectivity index (χ2v) is 3.81. The van der Waals surface area contributed by atoms with Crippen molar-refractivity contribution in [1.29, 1.82) is 0 Å². The Balaban J connectivity index is 1.97. The zero-order valence-electron chi connectivity index (χ0n) is 9.53. The van der Waals surface area contributed by atoms with Crippen LogP contribution in [0.15, 0.2) is 18.2 Å². The molecule has 1 aliphatic heterocycles. The molecular weight excluding hydrogens is 225 g/mol. The maximum absolute atomic E-state index is 13.6. The number of nitrogens with one attached hydrogen (secondary N) is 1. The van der Waals surface area contributed by atoms with E-state index in [1.54, 1.807) is 13.0 Å². The lowest BCUT2D eigenvalue weighted by molar-refractivity contribution is -0.115. The van der Waals surface area contributed by atoms with Crippen LogP contribution in [0.25, 0.3) is 0 Å². The molecule has 0 radical (unpaired) electrons. The van der Waals surface area contributed by atoms with Gasteiger partial charge >= 0.3 is 0 Å². The van der Waals surface area contributed by atoms with Gasteiger partial charge in [-0.15, -0.1) is 0 Å². The van der Waals surface area contributed by atoms with Crippen molar-refractivity contribution < 1.29 is 18.7 Å². The summed E-state index contributed by atoms with van der Waals surface area (Å²) in [6, 6.07) is 4.36. The monoisotopic (exact) mass is 239 g/mol. The van der Waals surface area contributed by atoms with Gasteiger partial charge in [-0.1, -0.05) is 6.92 Å². The van der Waals surface area contributed by atoms with E-state index in [1.807, 2.05) is 0 Å². The fourth-order valence-electron chi connectivity index (χ4n) is 1.29. The Kier molecular flexibility index (Phi) is 3.58. The molecule has 0 spiro atoms. The van der Waals surface area contributed by atoms with Crippen LogP contribution in [0.1, 0.15) is 13.3 Å². The van der Waals surface area contributed by atoms with Gasteiger partial charge in [0.2, 0.25) is 5.91 Å². The smallest absolute Gasteiger partial charge is 0.224 e. The van der Waals surface area contributed by atoms with Crippen LogP contribution in [0.2, 0.25) is 0 Å². The normalized spacial score (nSPS) is 17.6. The molecule has 1 aromatic rings. The third kappa shape index (κ3) is 3.42. The summed E-state index contributed by atoms with van der Waals surface area (Å²) in [5.74, 6) is -0.459. The topological polar surface area (TPSA) is 50.9 Å². The molecule has 0 aliphatic carbocycles. The minimum atomic E-state index is -0.487. The number of amides is 1. The van der Waals surface area contributed by atoms with Gasteiger partial charge in [0.1, 0.15) is 12.7 Å². The van der Waals surface area contributed by atoms with E-state index in [4.69, 9.17) is 9.47 Å². The number of hydrogen-bond donors (Lipinski definition) is 1. The number of carbonyl (C=O) groups is 1. The fourth-order valence-corrected chi connectivity index (χ4v) is 1.29. The molecule has 5 heteroatoms. The van der Waals surface area contributed by atoms with Crippen LogP contribution < -0.4 is 10.1 Å². The standard InChI is InChI=1S/C12H14FNO3/c1-2-12(15)14-8-3-4-11(10(13)5-8)17-7-9-6-16-9/h3-5,9H,2,6-7H2,1H3,(H,14,15). The minimum absolute atomic E-state index is 0.0915. The first-order valence-corrected chi connectivity index (χ1v) is 5.53. The highest BCUT2D eigenvalue weighted by Crippen LogP contribution is 2.22. The Bertz CT molecular complexity index is 418. The number of epoxide rings is 1. The summed E-state index contributed by atoms with van der Waals surface area (Å²) in [6.45, 7) is 2.77. The van der Waals surface area contributed by atoms with Crippen molar-refractivity contribution in [3.05, 3.63) is 24.0 Å². The predicted octanol–water partition coefficient (Wildman–Crippen LogP) is 1.95. The third-order valence-corrected chi connectivity index (χ3v) is 2.36. The fraction of sp³-hybridized carbons (Fsp3) is 0.417. The molecule has 1 amide bonds. The van der Waals surface area contributed by atoms with E-state index in [0.29, 0.717) is 25.3 Å². The van der Waals surface area contributed by atoms with Crippen molar-refractivity contribution in [3.8, 4) is 5.75 Å². The van der Waals surface area contributed by atoms with Crippen LogP contribution in [0, 0.1) is 5.82 Å². The van der Waals surface area contributed by atoms with Crippen LogP contribution in [-0.2, 0) is 9.53 Å². The largest absolute Gasteiger partial charge is 0.488 e. The van der Waals surface area contributed by atoms with E-state index >= 15 is 0 Å². The number of halogens is 1. The van der Waals surface area contributed by atoms with Crippen LogP contribution in [0.5, 0.6) is 5.75 Å². The summed E-state index contributed by atoms with van der Waals surface area (Å²) < 4.78 is 23.7. The zero-order chi connectivity index (χ0) is 12.3. The highest BCUT2D eigenvalue weighted by molar-refractivity contribution is 5.90. The SMILES string of the molecule is CCC(=O)Nc1ccc(OCC2CO2)c(F)c1. The summed E-state index contributed by atoms with van der Waals surface area (Å²) in [6.07, 6.45) is 0.452. The van der Waals surface area contributed by atoms with E-state index in [0.717, 1.165) is 0 Å². The molecule has 1 aliphatic rings. The Hall–Kier alpha value is -1.62. The Morgan fingerprint density at radius 1 is 1.65 bits per heavy atom. The van der Waals surface area contributed by atoms with Crippen LogP contribution in [0.4, 0.5) is 10.1 Å². The van der Waals surface area contributed by atoms with Crippen LogP contribution in [-0.4, -0.2) is 25.2 Å². The quantitative estimate of drug-likeness (QED) is 0.799. The predicted molar refractivity (Wildman–Crippen MR) is 60.6 cm³/mol. The van der Waals surface area contributed by atoms with E-state index in [9.17, 15) is 9.18 Å². The van der Waals surface area contributed by atoms with E-state index in [2.05, 4.69) is 5.32 Å². The van der Waals surface area contributed by atoms with Crippen molar-refractivity contribution in [1.82, 2.24) is 0 Å². The van der Waals surface area contributed by atoms with E-state index in [1.165, 1.54) is 12.1 Å². The second kappa shape index (κ2) is 5.14.